The minimum absolute atomic E-state index is 0.0863. The smallest absolute Gasteiger partial charge is 0.228 e. The molecular formula is C22H30BrN5O2. The van der Waals surface area contributed by atoms with Crippen LogP contribution >= 0.6 is 15.9 Å². The number of aryl methyl sites for hydroxylation is 1. The van der Waals surface area contributed by atoms with Gasteiger partial charge in [0, 0.05) is 30.4 Å². The summed E-state index contributed by atoms with van der Waals surface area (Å²) in [5, 5.41) is 10.1. The Labute approximate surface area is 186 Å². The van der Waals surface area contributed by atoms with Crippen molar-refractivity contribution in [2.45, 2.75) is 58.1 Å². The van der Waals surface area contributed by atoms with Crippen LogP contribution in [0.4, 0.5) is 5.82 Å². The number of aromatic nitrogens is 3. The highest BCUT2D eigenvalue weighted by Gasteiger charge is 2.50. The van der Waals surface area contributed by atoms with Crippen LogP contribution in [-0.4, -0.2) is 45.8 Å². The highest BCUT2D eigenvalue weighted by molar-refractivity contribution is 9.10. The van der Waals surface area contributed by atoms with Gasteiger partial charge >= 0.3 is 0 Å². The van der Waals surface area contributed by atoms with Crippen LogP contribution in [0.5, 0.6) is 5.88 Å². The molecule has 8 heteroatoms. The number of aliphatic hydroxyl groups is 1. The quantitative estimate of drug-likeness (QED) is 0.696. The molecule has 1 atom stereocenters. The van der Waals surface area contributed by atoms with E-state index < -0.39 is 0 Å². The number of methoxy groups -OCH3 is 1. The van der Waals surface area contributed by atoms with Gasteiger partial charge in [0.25, 0.3) is 0 Å². The largest absolute Gasteiger partial charge is 0.480 e. The number of hydrogen-bond acceptors (Lipinski definition) is 7. The first-order valence-corrected chi connectivity index (χ1v) is 11.3. The molecule has 3 N–H and O–H groups in total. The number of anilines is 1. The molecule has 30 heavy (non-hydrogen) atoms. The summed E-state index contributed by atoms with van der Waals surface area (Å²) in [6.45, 7) is 5.78. The van der Waals surface area contributed by atoms with E-state index in [2.05, 4.69) is 32.7 Å². The molecule has 7 nitrogen and oxygen atoms in total. The maximum Gasteiger partial charge on any atom is 0.228 e. The number of aliphatic hydroxyl groups excluding tert-OH is 1. The van der Waals surface area contributed by atoms with Crippen LogP contribution in [0.3, 0.4) is 0 Å². The Morgan fingerprint density at radius 2 is 1.97 bits per heavy atom. The fourth-order valence-corrected chi connectivity index (χ4v) is 5.80. The van der Waals surface area contributed by atoms with Crippen LogP contribution in [0.1, 0.15) is 50.4 Å². The van der Waals surface area contributed by atoms with Crippen molar-refractivity contribution in [3.63, 3.8) is 0 Å². The molecule has 4 rings (SSSR count). The van der Waals surface area contributed by atoms with E-state index in [1.807, 2.05) is 13.0 Å². The molecule has 3 heterocycles. The van der Waals surface area contributed by atoms with E-state index in [0.29, 0.717) is 17.3 Å². The molecule has 1 aliphatic heterocycles. The van der Waals surface area contributed by atoms with Crippen molar-refractivity contribution >= 4 is 21.7 Å². The molecule has 0 aromatic carbocycles. The predicted molar refractivity (Wildman–Crippen MR) is 120 cm³/mol. The zero-order valence-electron chi connectivity index (χ0n) is 17.9. The van der Waals surface area contributed by atoms with Crippen molar-refractivity contribution in [1.29, 1.82) is 0 Å². The number of piperidine rings is 1. The maximum absolute atomic E-state index is 10.1. The molecule has 1 unspecified atom stereocenters. The fraction of sp³-hybridized carbons (Fsp3) is 0.591. The van der Waals surface area contributed by atoms with Gasteiger partial charge in [0.1, 0.15) is 5.69 Å². The van der Waals surface area contributed by atoms with Gasteiger partial charge in [0.15, 0.2) is 5.82 Å². The normalized spacial score (nSPS) is 23.2. The Morgan fingerprint density at radius 1 is 1.23 bits per heavy atom. The first-order chi connectivity index (χ1) is 14.3. The van der Waals surface area contributed by atoms with Crippen LogP contribution in [-0.2, 0) is 6.61 Å². The van der Waals surface area contributed by atoms with E-state index in [-0.39, 0.29) is 17.6 Å². The maximum atomic E-state index is 10.1. The number of nitrogens with zero attached hydrogens (tertiary/aromatic N) is 4. The topological polar surface area (TPSA) is 97.4 Å². The summed E-state index contributed by atoms with van der Waals surface area (Å²) in [5.74, 6) is 1.27. The lowest BCUT2D eigenvalue weighted by Gasteiger charge is -2.47. The Hall–Kier alpha value is -1.77. The van der Waals surface area contributed by atoms with Gasteiger partial charge < -0.3 is 20.5 Å². The van der Waals surface area contributed by atoms with Gasteiger partial charge in [0.05, 0.1) is 29.6 Å². The van der Waals surface area contributed by atoms with Gasteiger partial charge in [-0.25, -0.2) is 15.0 Å². The molecule has 1 saturated carbocycles. The van der Waals surface area contributed by atoms with Crippen molar-refractivity contribution in [2.75, 3.05) is 25.1 Å². The standard InChI is InChI=1S/C22H30BrN5O2/c1-14-18(15-5-10-25-20(30-3)17(15)23)27-16(13-29)19(26-14)28-11-8-22(9-12-28)7-4-6-21(22,2)24/h5,10,29H,4,6-9,11-13,24H2,1-3H3. The number of ether oxygens (including phenoxy) is 1. The highest BCUT2D eigenvalue weighted by Crippen LogP contribution is 2.52. The summed E-state index contributed by atoms with van der Waals surface area (Å²) in [5.41, 5.74) is 9.77. The molecule has 0 radical (unpaired) electrons. The minimum atomic E-state index is -0.161. The minimum Gasteiger partial charge on any atom is -0.480 e. The summed E-state index contributed by atoms with van der Waals surface area (Å²) in [4.78, 5) is 16.1. The van der Waals surface area contributed by atoms with Crippen molar-refractivity contribution < 1.29 is 9.84 Å². The van der Waals surface area contributed by atoms with Gasteiger partial charge in [-0.05, 0) is 66.9 Å². The van der Waals surface area contributed by atoms with Crippen molar-refractivity contribution in [1.82, 2.24) is 15.0 Å². The second-order valence-corrected chi connectivity index (χ2v) is 9.60. The highest BCUT2D eigenvalue weighted by atomic mass is 79.9. The molecule has 2 aromatic heterocycles. The summed E-state index contributed by atoms with van der Waals surface area (Å²) >= 11 is 3.56. The molecule has 0 amide bonds. The summed E-state index contributed by atoms with van der Waals surface area (Å²) in [7, 11) is 1.58. The SMILES string of the molecule is COc1nccc(-c2nc(CO)c(N3CCC4(CCCC4(C)N)CC3)nc2C)c1Br. The van der Waals surface area contributed by atoms with Crippen LogP contribution in [0.2, 0.25) is 0 Å². The summed E-state index contributed by atoms with van der Waals surface area (Å²) in [6, 6.07) is 1.87. The lowest BCUT2D eigenvalue weighted by atomic mass is 9.67. The second kappa shape index (κ2) is 8.05. The predicted octanol–water partition coefficient (Wildman–Crippen LogP) is 3.60. The number of rotatable bonds is 4. The fourth-order valence-electron chi connectivity index (χ4n) is 5.22. The van der Waals surface area contributed by atoms with Crippen molar-refractivity contribution in [3.8, 4) is 17.1 Å². The Bertz CT molecular complexity index is 941. The molecule has 2 fully saturated rings. The lowest BCUT2D eigenvalue weighted by Crippen LogP contribution is -2.54. The monoisotopic (exact) mass is 475 g/mol. The van der Waals surface area contributed by atoms with E-state index in [4.69, 9.17) is 20.4 Å². The van der Waals surface area contributed by atoms with Gasteiger partial charge in [-0.1, -0.05) is 6.42 Å². The van der Waals surface area contributed by atoms with Gasteiger partial charge in [-0.2, -0.15) is 0 Å². The Balaban J connectivity index is 1.64. The van der Waals surface area contributed by atoms with Crippen molar-refractivity contribution in [2.24, 2.45) is 11.1 Å². The number of halogens is 1. The van der Waals surface area contributed by atoms with E-state index in [9.17, 15) is 5.11 Å². The molecule has 2 aromatic rings. The third-order valence-electron chi connectivity index (χ3n) is 7.16. The van der Waals surface area contributed by atoms with E-state index in [1.165, 1.54) is 12.8 Å². The molecular weight excluding hydrogens is 446 g/mol. The lowest BCUT2D eigenvalue weighted by molar-refractivity contribution is 0.130. The van der Waals surface area contributed by atoms with Crippen LogP contribution in [0.15, 0.2) is 16.7 Å². The first-order valence-electron chi connectivity index (χ1n) is 10.5. The molecule has 0 bridgehead atoms. The van der Waals surface area contributed by atoms with Gasteiger partial charge in [-0.15, -0.1) is 0 Å². The van der Waals surface area contributed by atoms with Crippen LogP contribution < -0.4 is 15.4 Å². The average molecular weight is 476 g/mol. The zero-order valence-corrected chi connectivity index (χ0v) is 19.5. The third kappa shape index (κ3) is 3.48. The van der Waals surface area contributed by atoms with Crippen LogP contribution in [0.25, 0.3) is 11.3 Å². The molecule has 2 aliphatic rings. The Kier molecular flexibility index (Phi) is 5.76. The third-order valence-corrected chi connectivity index (χ3v) is 7.93. The van der Waals surface area contributed by atoms with Crippen molar-refractivity contribution in [3.05, 3.63) is 28.1 Å². The summed E-state index contributed by atoms with van der Waals surface area (Å²) < 4.78 is 6.04. The molecule has 162 valence electrons. The van der Waals surface area contributed by atoms with E-state index in [0.717, 1.165) is 53.9 Å². The first kappa shape index (κ1) is 21.5. The molecule has 1 spiro atoms. The van der Waals surface area contributed by atoms with Crippen LogP contribution in [0, 0.1) is 12.3 Å². The number of nitrogens with two attached hydrogens (primary N) is 1. The molecule has 1 saturated heterocycles. The average Bonchev–Trinajstić information content (AvgIpc) is 3.02. The number of hydrogen-bond donors (Lipinski definition) is 2. The van der Waals surface area contributed by atoms with Gasteiger partial charge in [0.2, 0.25) is 5.88 Å². The molecule has 1 aliphatic carbocycles. The van der Waals surface area contributed by atoms with Gasteiger partial charge in [-0.3, -0.25) is 0 Å². The number of pyridine rings is 1. The summed E-state index contributed by atoms with van der Waals surface area (Å²) in [6.07, 6.45) is 7.32. The van der Waals surface area contributed by atoms with E-state index in [1.54, 1.807) is 13.3 Å². The zero-order chi connectivity index (χ0) is 21.5. The second-order valence-electron chi connectivity index (χ2n) is 8.81. The Morgan fingerprint density at radius 3 is 2.57 bits per heavy atom. The van der Waals surface area contributed by atoms with E-state index >= 15 is 0 Å².